The van der Waals surface area contributed by atoms with Gasteiger partial charge < -0.3 is 10.8 Å². The number of aliphatic carboxylic acids is 1. The highest BCUT2D eigenvalue weighted by Gasteiger charge is 2.17. The van der Waals surface area contributed by atoms with Crippen molar-refractivity contribution in [3.05, 3.63) is 29.8 Å². The van der Waals surface area contributed by atoms with Crippen LogP contribution in [0.2, 0.25) is 0 Å². The van der Waals surface area contributed by atoms with Gasteiger partial charge in [-0.25, -0.2) is 9.50 Å². The van der Waals surface area contributed by atoms with Gasteiger partial charge in [0.05, 0.1) is 11.2 Å². The first kappa shape index (κ1) is 10.6. The number of hydrogen-bond donors (Lipinski definition) is 2. The Kier molecular flexibility index (Phi) is 2.57. The van der Waals surface area contributed by atoms with Gasteiger partial charge in [-0.3, -0.25) is 4.79 Å². The quantitative estimate of drug-likeness (QED) is 0.758. The summed E-state index contributed by atoms with van der Waals surface area (Å²) in [6.45, 7) is 1.82. The number of aromatic nitrogens is 3. The van der Waals surface area contributed by atoms with Gasteiger partial charge in [0.15, 0.2) is 0 Å². The first-order chi connectivity index (χ1) is 7.59. The zero-order valence-electron chi connectivity index (χ0n) is 8.79. The molecule has 1 unspecified atom stereocenters. The second-order valence-corrected chi connectivity index (χ2v) is 3.58. The zero-order chi connectivity index (χ0) is 11.7. The van der Waals surface area contributed by atoms with Gasteiger partial charge in [0.1, 0.15) is 11.9 Å². The monoisotopic (exact) mass is 220 g/mol. The fraction of sp³-hybridized carbons (Fsp3) is 0.300. The molecule has 2 heterocycles. The number of carboxylic acids is 1. The van der Waals surface area contributed by atoms with Crippen LogP contribution in [-0.4, -0.2) is 31.7 Å². The van der Waals surface area contributed by atoms with Crippen LogP contribution >= 0.6 is 0 Å². The fourth-order valence-electron chi connectivity index (χ4n) is 1.59. The van der Waals surface area contributed by atoms with Crippen LogP contribution in [0, 0.1) is 6.92 Å². The molecule has 2 aromatic heterocycles. The van der Waals surface area contributed by atoms with Gasteiger partial charge in [-0.05, 0) is 19.1 Å². The maximum Gasteiger partial charge on any atom is 0.320 e. The van der Waals surface area contributed by atoms with E-state index in [9.17, 15) is 4.79 Å². The molecule has 0 aliphatic heterocycles. The molecule has 0 aliphatic rings. The Morgan fingerprint density at radius 1 is 1.69 bits per heavy atom. The van der Waals surface area contributed by atoms with Crippen molar-refractivity contribution >= 4 is 11.5 Å². The van der Waals surface area contributed by atoms with E-state index in [1.807, 2.05) is 13.0 Å². The molecule has 2 aromatic rings. The molecule has 2 rings (SSSR count). The number of rotatable bonds is 3. The molecular formula is C10H12N4O2. The standard InChI is InChI=1S/C10H12N4O2/c1-6-13-8(5-7(11)10(15)16)9-3-2-4-12-14(6)9/h2-4,7H,5,11H2,1H3,(H,15,16). The van der Waals surface area contributed by atoms with Crippen molar-refractivity contribution in [3.63, 3.8) is 0 Å². The normalized spacial score (nSPS) is 12.9. The van der Waals surface area contributed by atoms with Crippen LogP contribution in [0.5, 0.6) is 0 Å². The van der Waals surface area contributed by atoms with E-state index >= 15 is 0 Å². The highest BCUT2D eigenvalue weighted by molar-refractivity contribution is 5.74. The highest BCUT2D eigenvalue weighted by atomic mass is 16.4. The summed E-state index contributed by atoms with van der Waals surface area (Å²) in [6.07, 6.45) is 1.86. The average molecular weight is 220 g/mol. The number of carbonyl (C=O) groups is 1. The summed E-state index contributed by atoms with van der Waals surface area (Å²) in [4.78, 5) is 14.9. The zero-order valence-corrected chi connectivity index (χ0v) is 8.79. The minimum Gasteiger partial charge on any atom is -0.480 e. The third-order valence-corrected chi connectivity index (χ3v) is 2.38. The minimum atomic E-state index is -1.03. The maximum absolute atomic E-state index is 10.7. The molecule has 3 N–H and O–H groups in total. The number of aryl methyl sites for hydroxylation is 1. The Balaban J connectivity index is 2.42. The molecule has 0 fully saturated rings. The summed E-state index contributed by atoms with van der Waals surface area (Å²) in [6, 6.07) is 2.70. The van der Waals surface area contributed by atoms with E-state index in [-0.39, 0.29) is 6.42 Å². The van der Waals surface area contributed by atoms with Crippen molar-refractivity contribution in [2.75, 3.05) is 0 Å². The molecule has 0 aliphatic carbocycles. The third kappa shape index (κ3) is 1.74. The molecule has 1 atom stereocenters. The molecule has 0 bridgehead atoms. The fourth-order valence-corrected chi connectivity index (χ4v) is 1.59. The van der Waals surface area contributed by atoms with E-state index < -0.39 is 12.0 Å². The average Bonchev–Trinajstić information content (AvgIpc) is 2.57. The van der Waals surface area contributed by atoms with Crippen molar-refractivity contribution in [1.29, 1.82) is 0 Å². The summed E-state index contributed by atoms with van der Waals surface area (Å²) in [5.41, 5.74) is 6.95. The molecule has 0 saturated heterocycles. The van der Waals surface area contributed by atoms with Gasteiger partial charge in [0, 0.05) is 12.6 Å². The Morgan fingerprint density at radius 3 is 3.12 bits per heavy atom. The number of hydrogen-bond acceptors (Lipinski definition) is 4. The summed E-state index contributed by atoms with van der Waals surface area (Å²) in [5.74, 6) is -0.300. The van der Waals surface area contributed by atoms with Crippen molar-refractivity contribution in [1.82, 2.24) is 14.6 Å². The predicted molar refractivity (Wildman–Crippen MR) is 57.0 cm³/mol. The van der Waals surface area contributed by atoms with Crippen LogP contribution in [0.1, 0.15) is 11.5 Å². The maximum atomic E-state index is 10.7. The molecule has 16 heavy (non-hydrogen) atoms. The SMILES string of the molecule is Cc1nc(CC(N)C(=O)O)c2cccnn12. The molecule has 0 aromatic carbocycles. The third-order valence-electron chi connectivity index (χ3n) is 2.38. The van der Waals surface area contributed by atoms with Crippen LogP contribution < -0.4 is 5.73 Å². The Hall–Kier alpha value is -1.95. The molecule has 6 heteroatoms. The molecule has 0 radical (unpaired) electrons. The van der Waals surface area contributed by atoms with Crippen molar-refractivity contribution < 1.29 is 9.90 Å². The van der Waals surface area contributed by atoms with E-state index in [0.717, 1.165) is 11.3 Å². The lowest BCUT2D eigenvalue weighted by molar-refractivity contribution is -0.138. The summed E-state index contributed by atoms with van der Waals surface area (Å²) >= 11 is 0. The van der Waals surface area contributed by atoms with Crippen molar-refractivity contribution in [2.24, 2.45) is 5.73 Å². The van der Waals surface area contributed by atoms with E-state index in [1.54, 1.807) is 16.8 Å². The second kappa shape index (κ2) is 3.90. The smallest absolute Gasteiger partial charge is 0.320 e. The Bertz CT molecular complexity index is 535. The van der Waals surface area contributed by atoms with E-state index in [0.29, 0.717) is 5.69 Å². The Morgan fingerprint density at radius 2 is 2.44 bits per heavy atom. The van der Waals surface area contributed by atoms with E-state index in [2.05, 4.69) is 10.1 Å². The predicted octanol–water partition coefficient (Wildman–Crippen LogP) is -0.00788. The van der Waals surface area contributed by atoms with Gasteiger partial charge in [0.2, 0.25) is 0 Å². The van der Waals surface area contributed by atoms with Gasteiger partial charge in [0.25, 0.3) is 0 Å². The summed E-state index contributed by atoms with van der Waals surface area (Å²) < 4.78 is 1.67. The van der Waals surface area contributed by atoms with Crippen LogP contribution in [0.25, 0.3) is 5.52 Å². The molecule has 84 valence electrons. The first-order valence-corrected chi connectivity index (χ1v) is 4.87. The van der Waals surface area contributed by atoms with Crippen LogP contribution in [0.3, 0.4) is 0 Å². The lowest BCUT2D eigenvalue weighted by Gasteiger charge is -2.03. The minimum absolute atomic E-state index is 0.207. The Labute approximate surface area is 91.7 Å². The number of carboxylic acid groups (broad SMARTS) is 1. The second-order valence-electron chi connectivity index (χ2n) is 3.58. The lowest BCUT2D eigenvalue weighted by atomic mass is 10.1. The largest absolute Gasteiger partial charge is 0.480 e. The van der Waals surface area contributed by atoms with Gasteiger partial charge in [-0.15, -0.1) is 0 Å². The number of imidazole rings is 1. The number of fused-ring (bicyclic) bond motifs is 1. The van der Waals surface area contributed by atoms with Gasteiger partial charge >= 0.3 is 5.97 Å². The molecule has 0 saturated carbocycles. The topological polar surface area (TPSA) is 93.5 Å². The van der Waals surface area contributed by atoms with Gasteiger partial charge in [-0.2, -0.15) is 5.10 Å². The summed E-state index contributed by atoms with van der Waals surface area (Å²) in [7, 11) is 0. The van der Waals surface area contributed by atoms with Crippen LogP contribution in [-0.2, 0) is 11.2 Å². The van der Waals surface area contributed by atoms with E-state index in [4.69, 9.17) is 10.8 Å². The lowest BCUT2D eigenvalue weighted by Crippen LogP contribution is -2.32. The van der Waals surface area contributed by atoms with Crippen LogP contribution in [0.15, 0.2) is 18.3 Å². The number of nitrogens with two attached hydrogens (primary N) is 1. The van der Waals surface area contributed by atoms with Crippen LogP contribution in [0.4, 0.5) is 0 Å². The molecule has 0 amide bonds. The van der Waals surface area contributed by atoms with Crippen molar-refractivity contribution in [3.8, 4) is 0 Å². The highest BCUT2D eigenvalue weighted by Crippen LogP contribution is 2.12. The number of nitrogens with zero attached hydrogens (tertiary/aromatic N) is 3. The first-order valence-electron chi connectivity index (χ1n) is 4.87. The van der Waals surface area contributed by atoms with E-state index in [1.165, 1.54) is 0 Å². The summed E-state index contributed by atoms with van der Waals surface area (Å²) in [5, 5.41) is 12.9. The molecule has 0 spiro atoms. The van der Waals surface area contributed by atoms with Crippen molar-refractivity contribution in [2.45, 2.75) is 19.4 Å². The van der Waals surface area contributed by atoms with Gasteiger partial charge in [-0.1, -0.05) is 0 Å². The molecular weight excluding hydrogens is 208 g/mol. The molecule has 6 nitrogen and oxygen atoms in total.